The van der Waals surface area contributed by atoms with E-state index in [1.54, 1.807) is 10.8 Å². The summed E-state index contributed by atoms with van der Waals surface area (Å²) < 4.78 is 5.16. The summed E-state index contributed by atoms with van der Waals surface area (Å²) in [5.41, 5.74) is 5.59. The number of nitrogens with zero attached hydrogens (tertiary/aromatic N) is 1. The molecule has 0 aliphatic heterocycles. The standard InChI is InChI=1S/C16H13N3O4S3/c1-8(13(21)19-14-9(12(17)20)4-6-25-14)23-16(22)10-7-26-15(18-10)11-3-2-5-24-11/h2-8H,1H3,(H2,17,20)(H,19,21)/t8-/m0/s1. The molecular weight excluding hydrogens is 394 g/mol. The number of hydrogen-bond acceptors (Lipinski definition) is 8. The van der Waals surface area contributed by atoms with Crippen LogP contribution in [0.25, 0.3) is 9.88 Å². The molecule has 0 spiro atoms. The molecule has 0 aliphatic carbocycles. The highest BCUT2D eigenvalue weighted by Gasteiger charge is 2.23. The molecule has 0 bridgehead atoms. The number of nitrogens with one attached hydrogen (secondary N) is 1. The summed E-state index contributed by atoms with van der Waals surface area (Å²) >= 11 is 4.01. The van der Waals surface area contributed by atoms with Crippen molar-refractivity contribution in [1.29, 1.82) is 0 Å². The number of thiophene rings is 2. The van der Waals surface area contributed by atoms with Gasteiger partial charge in [-0.05, 0) is 29.8 Å². The molecule has 7 nitrogen and oxygen atoms in total. The Bertz CT molecular complexity index is 946. The SMILES string of the molecule is C[C@H](OC(=O)c1csc(-c2cccs2)n1)C(=O)Nc1sccc1C(N)=O. The van der Waals surface area contributed by atoms with E-state index in [1.807, 2.05) is 17.5 Å². The van der Waals surface area contributed by atoms with Crippen LogP contribution in [0.4, 0.5) is 5.00 Å². The highest BCUT2D eigenvalue weighted by atomic mass is 32.1. The van der Waals surface area contributed by atoms with Crippen molar-refractivity contribution in [3.8, 4) is 9.88 Å². The monoisotopic (exact) mass is 407 g/mol. The Balaban J connectivity index is 1.63. The van der Waals surface area contributed by atoms with Crippen LogP contribution in [0.5, 0.6) is 0 Å². The third-order valence-corrected chi connectivity index (χ3v) is 5.98. The van der Waals surface area contributed by atoms with Crippen LogP contribution in [0, 0.1) is 0 Å². The van der Waals surface area contributed by atoms with Crippen LogP contribution in [-0.2, 0) is 9.53 Å². The summed E-state index contributed by atoms with van der Waals surface area (Å²) in [6.45, 7) is 1.44. The van der Waals surface area contributed by atoms with Crippen molar-refractivity contribution in [1.82, 2.24) is 4.98 Å². The summed E-state index contributed by atoms with van der Waals surface area (Å²) in [6, 6.07) is 5.32. The van der Waals surface area contributed by atoms with Gasteiger partial charge in [0.15, 0.2) is 11.8 Å². The van der Waals surface area contributed by atoms with E-state index in [9.17, 15) is 14.4 Å². The number of hydrogen-bond donors (Lipinski definition) is 2. The minimum absolute atomic E-state index is 0.145. The molecule has 10 heteroatoms. The van der Waals surface area contributed by atoms with Crippen LogP contribution in [0.1, 0.15) is 27.8 Å². The molecule has 3 heterocycles. The Morgan fingerprint density at radius 2 is 2.00 bits per heavy atom. The maximum absolute atomic E-state index is 12.2. The van der Waals surface area contributed by atoms with E-state index >= 15 is 0 Å². The van der Waals surface area contributed by atoms with E-state index < -0.39 is 23.9 Å². The van der Waals surface area contributed by atoms with Crippen LogP contribution in [0.3, 0.4) is 0 Å². The lowest BCUT2D eigenvalue weighted by Crippen LogP contribution is -2.30. The summed E-state index contributed by atoms with van der Waals surface area (Å²) in [5, 5.41) is 8.72. The van der Waals surface area contributed by atoms with Gasteiger partial charge >= 0.3 is 5.97 Å². The lowest BCUT2D eigenvalue weighted by Gasteiger charge is -2.12. The predicted molar refractivity (Wildman–Crippen MR) is 102 cm³/mol. The second-order valence-electron chi connectivity index (χ2n) is 5.08. The van der Waals surface area contributed by atoms with E-state index in [2.05, 4.69) is 10.3 Å². The summed E-state index contributed by atoms with van der Waals surface area (Å²) in [4.78, 5) is 40.9. The normalized spacial score (nSPS) is 11.7. The third-order valence-electron chi connectivity index (χ3n) is 3.27. The zero-order valence-electron chi connectivity index (χ0n) is 13.4. The first-order chi connectivity index (χ1) is 12.5. The van der Waals surface area contributed by atoms with Crippen LogP contribution >= 0.6 is 34.0 Å². The number of carbonyl (C=O) groups excluding carboxylic acids is 3. The lowest BCUT2D eigenvalue weighted by atomic mass is 10.3. The number of primary amides is 1. The first-order valence-corrected chi connectivity index (χ1v) is 9.98. The average molecular weight is 407 g/mol. The number of carbonyl (C=O) groups is 3. The van der Waals surface area contributed by atoms with Gasteiger partial charge in [0, 0.05) is 5.38 Å². The molecule has 3 rings (SSSR count). The molecule has 0 fully saturated rings. The summed E-state index contributed by atoms with van der Waals surface area (Å²) in [7, 11) is 0. The molecule has 26 heavy (non-hydrogen) atoms. The van der Waals surface area contributed by atoms with Gasteiger partial charge in [-0.3, -0.25) is 9.59 Å². The van der Waals surface area contributed by atoms with Gasteiger partial charge < -0.3 is 15.8 Å². The quantitative estimate of drug-likeness (QED) is 0.610. The van der Waals surface area contributed by atoms with Crippen molar-refractivity contribution in [2.75, 3.05) is 5.32 Å². The zero-order valence-corrected chi connectivity index (χ0v) is 15.9. The molecule has 0 aliphatic rings. The van der Waals surface area contributed by atoms with Crippen molar-refractivity contribution in [2.24, 2.45) is 5.73 Å². The Hall–Kier alpha value is -2.56. The van der Waals surface area contributed by atoms with Gasteiger partial charge in [-0.1, -0.05) is 6.07 Å². The summed E-state index contributed by atoms with van der Waals surface area (Å²) in [5.74, 6) is -1.89. The number of ether oxygens (including phenoxy) is 1. The number of anilines is 1. The minimum atomic E-state index is -1.06. The maximum Gasteiger partial charge on any atom is 0.358 e. The summed E-state index contributed by atoms with van der Waals surface area (Å²) in [6.07, 6.45) is -1.06. The fourth-order valence-electron chi connectivity index (χ4n) is 1.97. The van der Waals surface area contributed by atoms with Crippen LogP contribution in [-0.4, -0.2) is 28.9 Å². The molecular formula is C16H13N3O4S3. The fourth-order valence-corrected chi connectivity index (χ4v) is 4.37. The fraction of sp³-hybridized carbons (Fsp3) is 0.125. The average Bonchev–Trinajstić information content (AvgIpc) is 3.34. The molecule has 134 valence electrons. The Morgan fingerprint density at radius 1 is 1.19 bits per heavy atom. The van der Waals surface area contributed by atoms with Gasteiger partial charge in [0.05, 0.1) is 10.4 Å². The predicted octanol–water partition coefficient (Wildman–Crippen LogP) is 3.22. The molecule has 1 atom stereocenters. The first-order valence-electron chi connectivity index (χ1n) is 7.34. The van der Waals surface area contributed by atoms with Crippen LogP contribution in [0.15, 0.2) is 34.3 Å². The Labute approximate surface area is 160 Å². The van der Waals surface area contributed by atoms with Gasteiger partial charge in [-0.15, -0.1) is 34.0 Å². The molecule has 3 N–H and O–H groups in total. The van der Waals surface area contributed by atoms with Crippen molar-refractivity contribution < 1.29 is 19.1 Å². The first kappa shape index (κ1) is 18.2. The molecule has 3 aromatic rings. The highest BCUT2D eigenvalue weighted by molar-refractivity contribution is 7.20. The topological polar surface area (TPSA) is 111 Å². The number of amides is 2. The van der Waals surface area contributed by atoms with Gasteiger partial charge in [0.2, 0.25) is 0 Å². The second-order valence-corrected chi connectivity index (χ2v) is 7.80. The largest absolute Gasteiger partial charge is 0.448 e. The van der Waals surface area contributed by atoms with Crippen LogP contribution < -0.4 is 11.1 Å². The van der Waals surface area contributed by atoms with E-state index in [1.165, 1.54) is 35.7 Å². The molecule has 0 unspecified atom stereocenters. The number of aromatic nitrogens is 1. The van der Waals surface area contributed by atoms with Gasteiger partial charge in [0.1, 0.15) is 10.0 Å². The van der Waals surface area contributed by atoms with Crippen molar-refractivity contribution >= 4 is 56.8 Å². The van der Waals surface area contributed by atoms with Gasteiger partial charge in [0.25, 0.3) is 11.8 Å². The minimum Gasteiger partial charge on any atom is -0.448 e. The number of nitrogens with two attached hydrogens (primary N) is 1. The molecule has 2 amide bonds. The molecule has 0 aromatic carbocycles. The molecule has 0 saturated carbocycles. The zero-order chi connectivity index (χ0) is 18.7. The molecule has 3 aromatic heterocycles. The van der Waals surface area contributed by atoms with Crippen molar-refractivity contribution in [3.05, 3.63) is 45.6 Å². The number of rotatable bonds is 6. The third kappa shape index (κ3) is 3.98. The second kappa shape index (κ2) is 7.77. The maximum atomic E-state index is 12.2. The van der Waals surface area contributed by atoms with E-state index in [0.717, 1.165) is 16.2 Å². The van der Waals surface area contributed by atoms with Crippen LogP contribution in [0.2, 0.25) is 0 Å². The Morgan fingerprint density at radius 3 is 2.69 bits per heavy atom. The van der Waals surface area contributed by atoms with E-state index in [-0.39, 0.29) is 11.3 Å². The van der Waals surface area contributed by atoms with Gasteiger partial charge in [-0.2, -0.15) is 0 Å². The van der Waals surface area contributed by atoms with E-state index in [0.29, 0.717) is 10.0 Å². The van der Waals surface area contributed by atoms with Crippen molar-refractivity contribution in [3.63, 3.8) is 0 Å². The smallest absolute Gasteiger partial charge is 0.358 e. The number of esters is 1. The Kier molecular flexibility index (Phi) is 5.45. The van der Waals surface area contributed by atoms with Gasteiger partial charge in [-0.25, -0.2) is 9.78 Å². The number of thiazole rings is 1. The van der Waals surface area contributed by atoms with E-state index in [4.69, 9.17) is 10.5 Å². The van der Waals surface area contributed by atoms with Crippen molar-refractivity contribution in [2.45, 2.75) is 13.0 Å². The molecule has 0 saturated heterocycles. The molecule has 0 radical (unpaired) electrons. The highest BCUT2D eigenvalue weighted by Crippen LogP contribution is 2.28. The lowest BCUT2D eigenvalue weighted by molar-refractivity contribution is -0.123.